The molecule has 0 saturated carbocycles. The molecule has 1 fully saturated rings. The maximum atomic E-state index is 12.1. The van der Waals surface area contributed by atoms with E-state index >= 15 is 0 Å². The quantitative estimate of drug-likeness (QED) is 0.610. The van der Waals surface area contributed by atoms with Crippen molar-refractivity contribution in [2.75, 3.05) is 0 Å². The van der Waals surface area contributed by atoms with Crippen LogP contribution in [0.25, 0.3) is 0 Å². The van der Waals surface area contributed by atoms with Gasteiger partial charge in [-0.2, -0.15) is 0 Å². The molecule has 4 heteroatoms. The smallest absolute Gasteiger partial charge is 0.351 e. The van der Waals surface area contributed by atoms with Gasteiger partial charge in [-0.15, -0.1) is 12.3 Å². The van der Waals surface area contributed by atoms with Crippen LogP contribution >= 0.6 is 0 Å². The van der Waals surface area contributed by atoms with Crippen LogP contribution in [0.5, 0.6) is 0 Å². The lowest BCUT2D eigenvalue weighted by Gasteiger charge is -2.23. The number of cyclic esters (lactones) is 1. The maximum absolute atomic E-state index is 12.1. The van der Waals surface area contributed by atoms with Gasteiger partial charge in [0.1, 0.15) is 6.61 Å². The van der Waals surface area contributed by atoms with Crippen molar-refractivity contribution in [1.82, 2.24) is 0 Å². The second kappa shape index (κ2) is 5.57. The van der Waals surface area contributed by atoms with E-state index in [0.717, 1.165) is 5.56 Å². The number of ether oxygens (including phenoxy) is 2. The Morgan fingerprint density at radius 3 is 2.74 bits per heavy atom. The van der Waals surface area contributed by atoms with Gasteiger partial charge in [-0.3, -0.25) is 4.79 Å². The fraction of sp³-hybridized carbons (Fsp3) is 0.333. The van der Waals surface area contributed by atoms with Crippen molar-refractivity contribution >= 4 is 11.9 Å². The minimum absolute atomic E-state index is 0.0480. The normalized spacial score (nSPS) is 21.5. The number of terminal acetylenes is 1. The van der Waals surface area contributed by atoms with Crippen molar-refractivity contribution in [3.8, 4) is 12.3 Å². The van der Waals surface area contributed by atoms with Crippen molar-refractivity contribution in [2.45, 2.75) is 31.5 Å². The highest BCUT2D eigenvalue weighted by Crippen LogP contribution is 2.31. The Hall–Kier alpha value is -2.28. The first-order valence-corrected chi connectivity index (χ1v) is 6.03. The average molecular weight is 258 g/mol. The summed E-state index contributed by atoms with van der Waals surface area (Å²) < 4.78 is 10.3. The fourth-order valence-electron chi connectivity index (χ4n) is 1.98. The minimum Gasteiger partial charge on any atom is -0.458 e. The van der Waals surface area contributed by atoms with Crippen molar-refractivity contribution in [3.05, 3.63) is 35.9 Å². The van der Waals surface area contributed by atoms with Gasteiger partial charge in [0.25, 0.3) is 0 Å². The highest BCUT2D eigenvalue weighted by Gasteiger charge is 2.48. The van der Waals surface area contributed by atoms with Crippen LogP contribution in [-0.2, 0) is 25.7 Å². The minimum atomic E-state index is -1.29. The Labute approximate surface area is 111 Å². The van der Waals surface area contributed by atoms with Crippen LogP contribution < -0.4 is 0 Å². The summed E-state index contributed by atoms with van der Waals surface area (Å²) in [6.07, 6.45) is 5.76. The average Bonchev–Trinajstić information content (AvgIpc) is 2.80. The van der Waals surface area contributed by atoms with Crippen LogP contribution in [0.2, 0.25) is 0 Å². The number of carbonyl (C=O) groups is 2. The Balaban J connectivity index is 2.01. The lowest BCUT2D eigenvalue weighted by atomic mass is 9.96. The second-order valence-corrected chi connectivity index (χ2v) is 4.41. The molecule has 1 aromatic rings. The van der Waals surface area contributed by atoms with E-state index in [4.69, 9.17) is 15.9 Å². The number of benzene rings is 1. The number of rotatable bonds is 4. The van der Waals surface area contributed by atoms with Crippen LogP contribution in [0.3, 0.4) is 0 Å². The van der Waals surface area contributed by atoms with Crippen LogP contribution in [-0.4, -0.2) is 17.5 Å². The molecule has 0 N–H and O–H groups in total. The van der Waals surface area contributed by atoms with E-state index in [1.165, 1.54) is 0 Å². The molecule has 1 atom stereocenters. The predicted octanol–water partition coefficient (Wildman–Crippen LogP) is 1.83. The van der Waals surface area contributed by atoms with Gasteiger partial charge in [0, 0.05) is 12.8 Å². The van der Waals surface area contributed by atoms with E-state index in [-0.39, 0.29) is 25.9 Å². The summed E-state index contributed by atoms with van der Waals surface area (Å²) in [5, 5.41) is 0. The lowest BCUT2D eigenvalue weighted by molar-refractivity contribution is -0.174. The largest absolute Gasteiger partial charge is 0.458 e. The molecule has 0 radical (unpaired) electrons. The van der Waals surface area contributed by atoms with Crippen molar-refractivity contribution < 1.29 is 19.1 Å². The summed E-state index contributed by atoms with van der Waals surface area (Å²) >= 11 is 0. The van der Waals surface area contributed by atoms with E-state index < -0.39 is 17.5 Å². The SMILES string of the molecule is C#CCC1(C(=O)OCc2ccccc2)CCC(=O)O1. The monoisotopic (exact) mass is 258 g/mol. The molecule has 98 valence electrons. The number of carbonyl (C=O) groups excluding carboxylic acids is 2. The maximum Gasteiger partial charge on any atom is 0.351 e. The Bertz CT molecular complexity index is 515. The molecule has 0 amide bonds. The lowest BCUT2D eigenvalue weighted by Crippen LogP contribution is -2.39. The molecule has 0 aliphatic carbocycles. The van der Waals surface area contributed by atoms with Crippen molar-refractivity contribution in [3.63, 3.8) is 0 Å². The molecule has 4 nitrogen and oxygen atoms in total. The van der Waals surface area contributed by atoms with E-state index in [1.54, 1.807) is 0 Å². The molecule has 1 heterocycles. The zero-order valence-electron chi connectivity index (χ0n) is 10.4. The van der Waals surface area contributed by atoms with Gasteiger partial charge in [-0.25, -0.2) is 4.79 Å². The van der Waals surface area contributed by atoms with E-state index in [9.17, 15) is 9.59 Å². The Morgan fingerprint density at radius 1 is 1.42 bits per heavy atom. The number of hydrogen-bond acceptors (Lipinski definition) is 4. The first kappa shape index (κ1) is 13.2. The van der Waals surface area contributed by atoms with Gasteiger partial charge in [0.2, 0.25) is 5.60 Å². The molecule has 0 bridgehead atoms. The summed E-state index contributed by atoms with van der Waals surface area (Å²) in [6.45, 7) is 0.142. The van der Waals surface area contributed by atoms with Gasteiger partial charge in [-0.05, 0) is 5.56 Å². The van der Waals surface area contributed by atoms with Gasteiger partial charge >= 0.3 is 11.9 Å². The van der Waals surface area contributed by atoms with E-state index in [0.29, 0.717) is 0 Å². The summed E-state index contributed by atoms with van der Waals surface area (Å²) in [6, 6.07) is 9.29. The molecular formula is C15H14O4. The van der Waals surface area contributed by atoms with Crippen LogP contribution in [0.15, 0.2) is 30.3 Å². The molecule has 1 aliphatic heterocycles. The van der Waals surface area contributed by atoms with Gasteiger partial charge in [0.05, 0.1) is 6.42 Å². The summed E-state index contributed by atoms with van der Waals surface area (Å²) in [7, 11) is 0. The molecular weight excluding hydrogens is 244 g/mol. The predicted molar refractivity (Wildman–Crippen MR) is 67.7 cm³/mol. The zero-order valence-corrected chi connectivity index (χ0v) is 10.4. The van der Waals surface area contributed by atoms with Gasteiger partial charge < -0.3 is 9.47 Å². The molecule has 1 saturated heterocycles. The number of esters is 2. The van der Waals surface area contributed by atoms with Crippen molar-refractivity contribution in [2.24, 2.45) is 0 Å². The summed E-state index contributed by atoms with van der Waals surface area (Å²) in [5.41, 5.74) is -0.420. The van der Waals surface area contributed by atoms with Crippen LogP contribution in [0.1, 0.15) is 24.8 Å². The van der Waals surface area contributed by atoms with Gasteiger partial charge in [0.15, 0.2) is 0 Å². The molecule has 0 aromatic heterocycles. The molecule has 1 aliphatic rings. The first-order valence-electron chi connectivity index (χ1n) is 6.03. The first-order chi connectivity index (χ1) is 9.16. The topological polar surface area (TPSA) is 52.6 Å². The molecule has 2 rings (SSSR count). The van der Waals surface area contributed by atoms with Crippen LogP contribution in [0, 0.1) is 12.3 Å². The second-order valence-electron chi connectivity index (χ2n) is 4.41. The van der Waals surface area contributed by atoms with E-state index in [1.807, 2.05) is 30.3 Å². The fourth-order valence-corrected chi connectivity index (χ4v) is 1.98. The summed E-state index contributed by atoms with van der Waals surface area (Å²) in [5.74, 6) is 1.39. The van der Waals surface area contributed by atoms with Gasteiger partial charge in [-0.1, -0.05) is 30.3 Å². The Kier molecular flexibility index (Phi) is 3.86. The number of hydrogen-bond donors (Lipinski definition) is 0. The van der Waals surface area contributed by atoms with Crippen molar-refractivity contribution in [1.29, 1.82) is 0 Å². The zero-order chi connectivity index (χ0) is 13.7. The molecule has 1 unspecified atom stereocenters. The van der Waals surface area contributed by atoms with Crippen LogP contribution in [0.4, 0.5) is 0 Å². The molecule has 1 aromatic carbocycles. The highest BCUT2D eigenvalue weighted by atomic mass is 16.6. The third-order valence-electron chi connectivity index (χ3n) is 3.01. The summed E-state index contributed by atoms with van der Waals surface area (Å²) in [4.78, 5) is 23.3. The third kappa shape index (κ3) is 2.94. The third-order valence-corrected chi connectivity index (χ3v) is 3.01. The highest BCUT2D eigenvalue weighted by molar-refractivity contribution is 5.87. The molecule has 0 spiro atoms. The Morgan fingerprint density at radius 2 is 2.16 bits per heavy atom. The standard InChI is InChI=1S/C15H14O4/c1-2-9-15(10-8-13(16)19-15)14(17)18-11-12-6-4-3-5-7-12/h1,3-7H,8-11H2. The van der Waals surface area contributed by atoms with E-state index in [2.05, 4.69) is 5.92 Å². The molecule has 19 heavy (non-hydrogen) atoms.